The van der Waals surface area contributed by atoms with E-state index in [1.165, 1.54) is 0 Å². The van der Waals surface area contributed by atoms with Crippen LogP contribution in [-0.2, 0) is 6.42 Å². The van der Waals surface area contributed by atoms with Crippen LogP contribution in [0.1, 0.15) is 30.0 Å². The maximum atomic E-state index is 12.7. The van der Waals surface area contributed by atoms with E-state index in [1.54, 1.807) is 4.90 Å². The summed E-state index contributed by atoms with van der Waals surface area (Å²) in [4.78, 5) is 14.4. The number of aliphatic hydroxyl groups excluding tert-OH is 1. The molecular weight excluding hydrogens is 336 g/mol. The summed E-state index contributed by atoms with van der Waals surface area (Å²) in [7, 11) is 0. The molecule has 2 N–H and O–H groups in total. The van der Waals surface area contributed by atoms with Gasteiger partial charge in [-0.25, -0.2) is 4.79 Å². The van der Waals surface area contributed by atoms with Crippen LogP contribution < -0.4 is 5.32 Å². The van der Waals surface area contributed by atoms with Crippen LogP contribution in [0.2, 0.25) is 5.02 Å². The normalized spacial score (nSPS) is 18.6. The number of nitrogens with one attached hydrogen (secondary N) is 1. The molecule has 25 heavy (non-hydrogen) atoms. The molecular formula is C20H23ClN2O2. The van der Waals surface area contributed by atoms with Gasteiger partial charge in [-0.3, -0.25) is 0 Å². The number of halogens is 1. The molecule has 0 spiro atoms. The van der Waals surface area contributed by atoms with Crippen molar-refractivity contribution in [2.75, 3.05) is 13.1 Å². The van der Waals surface area contributed by atoms with Crippen LogP contribution in [0, 0.1) is 0 Å². The number of carbonyl (C=O) groups is 1. The molecule has 3 rings (SSSR count). The molecule has 2 atom stereocenters. The fourth-order valence-corrected chi connectivity index (χ4v) is 3.41. The van der Waals surface area contributed by atoms with Crippen molar-refractivity contribution in [1.82, 2.24) is 10.2 Å². The Labute approximate surface area is 153 Å². The standard InChI is InChI=1S/C20H23ClN2O2/c21-18-11-5-4-9-16(18)13-19(15-7-2-1-3-8-15)22-20(25)23-12-6-10-17(24)14-23/h1-5,7-9,11,17,19,24H,6,10,12-14H2,(H,22,25)/t17-,19-/m0/s1. The van der Waals surface area contributed by atoms with E-state index in [9.17, 15) is 9.90 Å². The highest BCUT2D eigenvalue weighted by Gasteiger charge is 2.24. The summed E-state index contributed by atoms with van der Waals surface area (Å²) < 4.78 is 0. The molecule has 2 aromatic carbocycles. The van der Waals surface area contributed by atoms with E-state index >= 15 is 0 Å². The molecule has 1 heterocycles. The van der Waals surface area contributed by atoms with Gasteiger partial charge in [0.25, 0.3) is 0 Å². The molecule has 2 aromatic rings. The van der Waals surface area contributed by atoms with Gasteiger partial charge in [0.2, 0.25) is 0 Å². The van der Waals surface area contributed by atoms with Crippen LogP contribution >= 0.6 is 11.6 Å². The Morgan fingerprint density at radius 1 is 1.20 bits per heavy atom. The molecule has 1 fully saturated rings. The van der Waals surface area contributed by atoms with E-state index in [0.29, 0.717) is 24.5 Å². The molecule has 0 saturated carbocycles. The highest BCUT2D eigenvalue weighted by Crippen LogP contribution is 2.24. The van der Waals surface area contributed by atoms with Crippen molar-refractivity contribution in [2.24, 2.45) is 0 Å². The first-order valence-corrected chi connectivity index (χ1v) is 9.03. The lowest BCUT2D eigenvalue weighted by Crippen LogP contribution is -2.48. The summed E-state index contributed by atoms with van der Waals surface area (Å²) in [5.74, 6) is 0. The van der Waals surface area contributed by atoms with Gasteiger partial charge in [-0.1, -0.05) is 60.1 Å². The maximum absolute atomic E-state index is 12.7. The van der Waals surface area contributed by atoms with E-state index in [1.807, 2.05) is 54.6 Å². The molecule has 1 aliphatic rings. The number of urea groups is 1. The zero-order valence-corrected chi connectivity index (χ0v) is 14.8. The molecule has 5 heteroatoms. The number of amides is 2. The van der Waals surface area contributed by atoms with Crippen molar-refractivity contribution >= 4 is 17.6 Å². The predicted octanol–water partition coefficient (Wildman–Crippen LogP) is 3.79. The number of nitrogens with zero attached hydrogens (tertiary/aromatic N) is 1. The van der Waals surface area contributed by atoms with Gasteiger partial charge in [-0.05, 0) is 36.5 Å². The second-order valence-electron chi connectivity index (χ2n) is 6.45. The Bertz CT molecular complexity index is 708. The Kier molecular flexibility index (Phi) is 5.95. The van der Waals surface area contributed by atoms with Gasteiger partial charge in [0, 0.05) is 18.1 Å². The largest absolute Gasteiger partial charge is 0.391 e. The number of benzene rings is 2. The molecule has 132 valence electrons. The smallest absolute Gasteiger partial charge is 0.317 e. The highest BCUT2D eigenvalue weighted by atomic mass is 35.5. The highest BCUT2D eigenvalue weighted by molar-refractivity contribution is 6.31. The van der Waals surface area contributed by atoms with Crippen LogP contribution in [-0.4, -0.2) is 35.2 Å². The Hall–Kier alpha value is -2.04. The van der Waals surface area contributed by atoms with Crippen molar-refractivity contribution in [2.45, 2.75) is 31.4 Å². The summed E-state index contributed by atoms with van der Waals surface area (Å²) in [6, 6.07) is 17.3. The minimum atomic E-state index is -0.432. The molecule has 2 amide bonds. The van der Waals surface area contributed by atoms with Crippen LogP contribution in [0.4, 0.5) is 4.79 Å². The summed E-state index contributed by atoms with van der Waals surface area (Å²) in [5.41, 5.74) is 2.03. The molecule has 0 aromatic heterocycles. The zero-order valence-electron chi connectivity index (χ0n) is 14.1. The number of hydrogen-bond donors (Lipinski definition) is 2. The van der Waals surface area contributed by atoms with Crippen molar-refractivity contribution < 1.29 is 9.90 Å². The van der Waals surface area contributed by atoms with Crippen molar-refractivity contribution in [3.63, 3.8) is 0 Å². The Morgan fingerprint density at radius 2 is 1.92 bits per heavy atom. The SMILES string of the molecule is O=C(N[C@@H](Cc1ccccc1Cl)c1ccccc1)N1CCC[C@H](O)C1. The van der Waals surface area contributed by atoms with Crippen LogP contribution in [0.5, 0.6) is 0 Å². The van der Waals surface area contributed by atoms with E-state index < -0.39 is 6.10 Å². The van der Waals surface area contributed by atoms with E-state index in [0.717, 1.165) is 24.0 Å². The number of β-amino-alcohol motifs (C(OH)–C–C–N with tert-alkyl or cyclic N) is 1. The Morgan fingerprint density at radius 3 is 2.64 bits per heavy atom. The van der Waals surface area contributed by atoms with Gasteiger partial charge in [0.15, 0.2) is 0 Å². The monoisotopic (exact) mass is 358 g/mol. The molecule has 0 bridgehead atoms. The van der Waals surface area contributed by atoms with Crippen LogP contribution in [0.15, 0.2) is 54.6 Å². The fourth-order valence-electron chi connectivity index (χ4n) is 3.20. The topological polar surface area (TPSA) is 52.6 Å². The van der Waals surface area contributed by atoms with Crippen molar-refractivity contribution in [3.8, 4) is 0 Å². The predicted molar refractivity (Wildman–Crippen MR) is 99.7 cm³/mol. The third kappa shape index (κ3) is 4.74. The minimum absolute atomic E-state index is 0.139. The number of hydrogen-bond acceptors (Lipinski definition) is 2. The molecule has 4 nitrogen and oxygen atoms in total. The van der Waals surface area contributed by atoms with E-state index in [4.69, 9.17) is 11.6 Å². The number of carbonyl (C=O) groups excluding carboxylic acids is 1. The quantitative estimate of drug-likeness (QED) is 0.873. The van der Waals surface area contributed by atoms with Gasteiger partial charge < -0.3 is 15.3 Å². The third-order valence-electron chi connectivity index (χ3n) is 4.57. The van der Waals surface area contributed by atoms with Gasteiger partial charge in [0.1, 0.15) is 0 Å². The summed E-state index contributed by atoms with van der Waals surface area (Å²) in [6.45, 7) is 1.07. The lowest BCUT2D eigenvalue weighted by atomic mass is 9.99. The number of rotatable bonds is 4. The summed E-state index contributed by atoms with van der Waals surface area (Å²) >= 11 is 6.30. The minimum Gasteiger partial charge on any atom is -0.391 e. The summed E-state index contributed by atoms with van der Waals surface area (Å²) in [5, 5.41) is 13.6. The number of aliphatic hydroxyl groups is 1. The second kappa shape index (κ2) is 8.37. The molecule has 0 radical (unpaired) electrons. The van der Waals surface area contributed by atoms with Gasteiger partial charge in [-0.15, -0.1) is 0 Å². The number of piperidine rings is 1. The lowest BCUT2D eigenvalue weighted by molar-refractivity contribution is 0.0833. The molecule has 1 saturated heterocycles. The average molecular weight is 359 g/mol. The summed E-state index contributed by atoms with van der Waals surface area (Å²) in [6.07, 6.45) is 1.77. The van der Waals surface area contributed by atoms with Crippen LogP contribution in [0.3, 0.4) is 0 Å². The number of likely N-dealkylation sites (tertiary alicyclic amines) is 1. The van der Waals surface area contributed by atoms with E-state index in [-0.39, 0.29) is 12.1 Å². The van der Waals surface area contributed by atoms with E-state index in [2.05, 4.69) is 5.32 Å². The molecule has 0 unspecified atom stereocenters. The first-order chi connectivity index (χ1) is 12.1. The lowest BCUT2D eigenvalue weighted by Gasteiger charge is -2.32. The first-order valence-electron chi connectivity index (χ1n) is 8.65. The van der Waals surface area contributed by atoms with Crippen LogP contribution in [0.25, 0.3) is 0 Å². The molecule has 1 aliphatic heterocycles. The van der Waals surface area contributed by atoms with Crippen molar-refractivity contribution in [3.05, 3.63) is 70.7 Å². The van der Waals surface area contributed by atoms with Gasteiger partial charge >= 0.3 is 6.03 Å². The second-order valence-corrected chi connectivity index (χ2v) is 6.86. The zero-order chi connectivity index (χ0) is 17.6. The maximum Gasteiger partial charge on any atom is 0.317 e. The average Bonchev–Trinajstić information content (AvgIpc) is 2.63. The first kappa shape index (κ1) is 17.8. The Balaban J connectivity index is 1.77. The fraction of sp³-hybridized carbons (Fsp3) is 0.350. The molecule has 0 aliphatic carbocycles. The third-order valence-corrected chi connectivity index (χ3v) is 4.93. The van der Waals surface area contributed by atoms with Gasteiger partial charge in [-0.2, -0.15) is 0 Å². The van der Waals surface area contributed by atoms with Crippen molar-refractivity contribution in [1.29, 1.82) is 0 Å². The van der Waals surface area contributed by atoms with Gasteiger partial charge in [0.05, 0.1) is 12.1 Å².